The Hall–Kier alpha value is -4.27. The van der Waals surface area contributed by atoms with Gasteiger partial charge in [0.2, 0.25) is 0 Å². The van der Waals surface area contributed by atoms with Crippen molar-refractivity contribution in [2.45, 2.75) is 0 Å². The highest BCUT2D eigenvalue weighted by atomic mass is 35.5. The van der Waals surface area contributed by atoms with Gasteiger partial charge in [0, 0.05) is 32.9 Å². The molecule has 0 spiro atoms. The summed E-state index contributed by atoms with van der Waals surface area (Å²) in [6.45, 7) is 0. The fraction of sp³-hybridized carbons (Fsp3) is 0. The Labute approximate surface area is 207 Å². The molecule has 35 heavy (non-hydrogen) atoms. The largest absolute Gasteiger partial charge is 0.454 e. The van der Waals surface area contributed by atoms with Crippen LogP contribution in [0.15, 0.2) is 126 Å². The molecule has 0 saturated heterocycles. The summed E-state index contributed by atoms with van der Waals surface area (Å²) in [5, 5.41) is 7.16. The van der Waals surface area contributed by atoms with Crippen molar-refractivity contribution >= 4 is 72.1 Å². The molecule has 0 saturated carbocycles. The molecule has 0 unspecified atom stereocenters. The summed E-state index contributed by atoms with van der Waals surface area (Å²) in [5.41, 5.74) is 4.88. The molecule has 7 aromatic rings. The summed E-state index contributed by atoms with van der Waals surface area (Å²) in [6.07, 6.45) is 0. The zero-order valence-corrected chi connectivity index (χ0v) is 19.5. The SMILES string of the molecule is Clc1cc2ccccc2c2c1oc1c3ccccc3c(N(c3ccccc3)c3ccccc3)cc12. The van der Waals surface area contributed by atoms with Gasteiger partial charge in [-0.3, -0.25) is 0 Å². The smallest absolute Gasteiger partial charge is 0.154 e. The molecule has 1 heterocycles. The van der Waals surface area contributed by atoms with E-state index in [4.69, 9.17) is 16.0 Å². The van der Waals surface area contributed by atoms with Gasteiger partial charge in [-0.05, 0) is 47.2 Å². The molecular weight excluding hydrogens is 450 g/mol. The molecule has 0 atom stereocenters. The van der Waals surface area contributed by atoms with Crippen LogP contribution in [-0.4, -0.2) is 0 Å². The van der Waals surface area contributed by atoms with E-state index in [2.05, 4.69) is 102 Å². The first-order chi connectivity index (χ1) is 17.3. The molecule has 0 bridgehead atoms. The number of hydrogen-bond donors (Lipinski definition) is 0. The van der Waals surface area contributed by atoms with E-state index in [1.165, 1.54) is 0 Å². The second kappa shape index (κ2) is 7.90. The molecule has 0 amide bonds. The van der Waals surface area contributed by atoms with Crippen LogP contribution in [0, 0.1) is 0 Å². The van der Waals surface area contributed by atoms with Gasteiger partial charge in [-0.2, -0.15) is 0 Å². The third kappa shape index (κ3) is 3.11. The maximum absolute atomic E-state index is 6.75. The maximum atomic E-state index is 6.75. The number of nitrogens with zero attached hydrogens (tertiary/aromatic N) is 1. The molecule has 0 N–H and O–H groups in total. The quantitative estimate of drug-likeness (QED) is 0.256. The van der Waals surface area contributed by atoms with Crippen molar-refractivity contribution in [2.75, 3.05) is 4.90 Å². The van der Waals surface area contributed by atoms with Gasteiger partial charge in [-0.1, -0.05) is 96.5 Å². The highest BCUT2D eigenvalue weighted by Gasteiger charge is 2.21. The average molecular weight is 470 g/mol. The second-order valence-electron chi connectivity index (χ2n) is 8.71. The zero-order chi connectivity index (χ0) is 23.4. The van der Waals surface area contributed by atoms with Crippen LogP contribution in [0.3, 0.4) is 0 Å². The Kier molecular flexibility index (Phi) is 4.54. The highest BCUT2D eigenvalue weighted by molar-refractivity contribution is 6.39. The van der Waals surface area contributed by atoms with Crippen molar-refractivity contribution < 1.29 is 4.42 Å². The molecule has 0 aliphatic rings. The van der Waals surface area contributed by atoms with Gasteiger partial charge in [-0.25, -0.2) is 0 Å². The summed E-state index contributed by atoms with van der Waals surface area (Å²) in [5.74, 6) is 0. The van der Waals surface area contributed by atoms with Gasteiger partial charge in [0.15, 0.2) is 5.58 Å². The number of anilines is 3. The summed E-state index contributed by atoms with van der Waals surface area (Å²) < 4.78 is 6.50. The van der Waals surface area contributed by atoms with E-state index in [1.807, 2.05) is 24.3 Å². The van der Waals surface area contributed by atoms with Crippen molar-refractivity contribution in [2.24, 2.45) is 0 Å². The molecule has 7 rings (SSSR count). The molecular formula is C32H20ClNO. The van der Waals surface area contributed by atoms with Crippen LogP contribution in [0.2, 0.25) is 5.02 Å². The predicted molar refractivity (Wildman–Crippen MR) is 148 cm³/mol. The molecule has 3 heteroatoms. The van der Waals surface area contributed by atoms with Crippen LogP contribution >= 0.6 is 11.6 Å². The van der Waals surface area contributed by atoms with Gasteiger partial charge >= 0.3 is 0 Å². The van der Waals surface area contributed by atoms with Crippen molar-refractivity contribution in [3.63, 3.8) is 0 Å². The summed E-state index contributed by atoms with van der Waals surface area (Å²) in [7, 11) is 0. The number of fused-ring (bicyclic) bond motifs is 7. The van der Waals surface area contributed by atoms with Crippen LogP contribution in [0.1, 0.15) is 0 Å². The Morgan fingerprint density at radius 2 is 1.09 bits per heavy atom. The predicted octanol–water partition coefficient (Wildman–Crippen LogP) is 10.0. The lowest BCUT2D eigenvalue weighted by Crippen LogP contribution is -2.10. The van der Waals surface area contributed by atoms with Gasteiger partial charge < -0.3 is 9.32 Å². The molecule has 166 valence electrons. The van der Waals surface area contributed by atoms with Crippen LogP contribution in [0.25, 0.3) is 43.5 Å². The molecule has 6 aromatic carbocycles. The van der Waals surface area contributed by atoms with Crippen molar-refractivity contribution in [1.29, 1.82) is 0 Å². The van der Waals surface area contributed by atoms with Crippen LogP contribution in [0.4, 0.5) is 17.1 Å². The lowest BCUT2D eigenvalue weighted by atomic mass is 9.99. The van der Waals surface area contributed by atoms with E-state index in [9.17, 15) is 0 Å². The maximum Gasteiger partial charge on any atom is 0.154 e. The first kappa shape index (κ1) is 20.1. The Bertz CT molecular complexity index is 1820. The summed E-state index contributed by atoms with van der Waals surface area (Å²) >= 11 is 6.75. The van der Waals surface area contributed by atoms with Gasteiger partial charge in [0.1, 0.15) is 5.58 Å². The molecule has 2 nitrogen and oxygen atoms in total. The topological polar surface area (TPSA) is 16.4 Å². The minimum absolute atomic E-state index is 0.628. The van der Waals surface area contributed by atoms with Crippen LogP contribution in [0.5, 0.6) is 0 Å². The number of hydrogen-bond acceptors (Lipinski definition) is 2. The Morgan fingerprint density at radius 1 is 0.514 bits per heavy atom. The fourth-order valence-electron chi connectivity index (χ4n) is 5.16. The molecule has 1 aromatic heterocycles. The first-order valence-electron chi connectivity index (χ1n) is 11.6. The minimum Gasteiger partial charge on any atom is -0.454 e. The van der Waals surface area contributed by atoms with E-state index in [0.29, 0.717) is 5.02 Å². The molecule has 0 aliphatic heterocycles. The zero-order valence-electron chi connectivity index (χ0n) is 18.8. The van der Waals surface area contributed by atoms with Crippen LogP contribution < -0.4 is 4.90 Å². The number of halogens is 1. The highest BCUT2D eigenvalue weighted by Crippen LogP contribution is 2.46. The van der Waals surface area contributed by atoms with E-state index >= 15 is 0 Å². The van der Waals surface area contributed by atoms with Gasteiger partial charge in [0.05, 0.1) is 10.7 Å². The minimum atomic E-state index is 0.628. The number of benzene rings is 6. The van der Waals surface area contributed by atoms with Crippen molar-refractivity contribution in [3.05, 3.63) is 126 Å². The molecule has 0 aliphatic carbocycles. The van der Waals surface area contributed by atoms with Crippen molar-refractivity contribution in [3.8, 4) is 0 Å². The first-order valence-corrected chi connectivity index (χ1v) is 12.0. The molecule has 0 fully saturated rings. The lowest BCUT2D eigenvalue weighted by Gasteiger charge is -2.27. The number of para-hydroxylation sites is 2. The fourth-order valence-corrected chi connectivity index (χ4v) is 5.41. The third-order valence-electron chi connectivity index (χ3n) is 6.67. The van der Waals surface area contributed by atoms with Gasteiger partial charge in [-0.15, -0.1) is 0 Å². The second-order valence-corrected chi connectivity index (χ2v) is 9.12. The van der Waals surface area contributed by atoms with Crippen LogP contribution in [-0.2, 0) is 0 Å². The number of rotatable bonds is 3. The molecule has 0 radical (unpaired) electrons. The summed E-state index contributed by atoms with van der Waals surface area (Å²) in [6, 6.07) is 42.0. The monoisotopic (exact) mass is 469 g/mol. The van der Waals surface area contributed by atoms with Crippen molar-refractivity contribution in [1.82, 2.24) is 0 Å². The summed E-state index contributed by atoms with van der Waals surface area (Å²) in [4.78, 5) is 2.31. The number of furan rings is 1. The normalized spacial score (nSPS) is 11.6. The van der Waals surface area contributed by atoms with E-state index in [1.54, 1.807) is 0 Å². The van der Waals surface area contributed by atoms with E-state index in [0.717, 1.165) is 60.5 Å². The van der Waals surface area contributed by atoms with E-state index in [-0.39, 0.29) is 0 Å². The lowest BCUT2D eigenvalue weighted by molar-refractivity contribution is 0.673. The Morgan fingerprint density at radius 3 is 1.77 bits per heavy atom. The standard InChI is InChI=1S/C32H20ClNO/c33-28-19-21-11-7-8-16-24(21)30-27-20-29(25-17-9-10-18-26(25)31(27)35-32(28)30)34(22-12-3-1-4-13-22)23-14-5-2-6-15-23/h1-20H. The Balaban J connectivity index is 1.67. The van der Waals surface area contributed by atoms with E-state index < -0.39 is 0 Å². The van der Waals surface area contributed by atoms with Gasteiger partial charge in [0.25, 0.3) is 0 Å². The average Bonchev–Trinajstić information content (AvgIpc) is 3.31. The third-order valence-corrected chi connectivity index (χ3v) is 6.95.